The molecule has 3 aromatic heterocycles. The zero-order valence-corrected chi connectivity index (χ0v) is 19.9. The largest absolute Gasteiger partial charge is 0.508 e. The molecule has 4 N–H and O–H groups in total. The van der Waals surface area contributed by atoms with Gasteiger partial charge in [-0.2, -0.15) is 0 Å². The second kappa shape index (κ2) is 8.03. The second-order valence-corrected chi connectivity index (χ2v) is 9.26. The molecule has 1 amide bonds. The van der Waals surface area contributed by atoms with E-state index in [0.29, 0.717) is 39.7 Å². The highest BCUT2D eigenvalue weighted by molar-refractivity contribution is 6.30. The van der Waals surface area contributed by atoms with Gasteiger partial charge < -0.3 is 20.6 Å². The van der Waals surface area contributed by atoms with Crippen molar-refractivity contribution in [2.24, 2.45) is 0 Å². The summed E-state index contributed by atoms with van der Waals surface area (Å²) in [5.74, 6) is 0.493. The molecule has 9 nitrogen and oxygen atoms in total. The number of aromatic hydroxyl groups is 1. The highest BCUT2D eigenvalue weighted by atomic mass is 35.5. The number of fused-ring (bicyclic) bond motifs is 2. The van der Waals surface area contributed by atoms with Gasteiger partial charge in [0.15, 0.2) is 11.5 Å². The number of imidazole rings is 1. The summed E-state index contributed by atoms with van der Waals surface area (Å²) in [6.07, 6.45) is 5.79. The van der Waals surface area contributed by atoms with Crippen molar-refractivity contribution in [2.45, 2.75) is 18.8 Å². The summed E-state index contributed by atoms with van der Waals surface area (Å²) in [4.78, 5) is 31.6. The fourth-order valence-corrected chi connectivity index (χ4v) is 4.89. The molecule has 0 unspecified atom stereocenters. The van der Waals surface area contributed by atoms with E-state index in [2.05, 4.69) is 20.3 Å². The fourth-order valence-electron chi connectivity index (χ4n) is 4.68. The van der Waals surface area contributed by atoms with Crippen molar-refractivity contribution in [3.8, 4) is 17.3 Å². The van der Waals surface area contributed by atoms with Crippen LogP contribution in [0, 0.1) is 0 Å². The SMILES string of the molecule is C[C@@]1(c2cccc(O)c2)C(=O)Nc2nc(-c3cn4ccnc4c(Cc4cccc(Cl)c4)n3)nc(N)c21. The molecule has 0 saturated carbocycles. The van der Waals surface area contributed by atoms with Gasteiger partial charge in [-0.3, -0.25) is 4.79 Å². The maximum Gasteiger partial charge on any atom is 0.240 e. The molecule has 0 bridgehead atoms. The Morgan fingerprint density at radius 3 is 2.78 bits per heavy atom. The second-order valence-electron chi connectivity index (χ2n) is 8.82. The maximum atomic E-state index is 13.1. The minimum Gasteiger partial charge on any atom is -0.508 e. The molecule has 0 radical (unpaired) electrons. The minimum atomic E-state index is -1.16. The van der Waals surface area contributed by atoms with E-state index in [1.807, 2.05) is 34.9 Å². The number of amides is 1. The van der Waals surface area contributed by atoms with Crippen LogP contribution in [0.5, 0.6) is 5.75 Å². The van der Waals surface area contributed by atoms with Crippen LogP contribution in [0.15, 0.2) is 67.1 Å². The van der Waals surface area contributed by atoms with E-state index in [0.717, 1.165) is 11.3 Å². The average molecular weight is 498 g/mol. The Bertz CT molecular complexity index is 1680. The topological polar surface area (TPSA) is 131 Å². The zero-order valence-electron chi connectivity index (χ0n) is 19.1. The lowest BCUT2D eigenvalue weighted by Crippen LogP contribution is -2.32. The van der Waals surface area contributed by atoms with Crippen LogP contribution < -0.4 is 11.1 Å². The number of aromatic nitrogens is 5. The van der Waals surface area contributed by atoms with E-state index in [-0.39, 0.29) is 23.3 Å². The summed E-state index contributed by atoms with van der Waals surface area (Å²) < 4.78 is 1.85. The van der Waals surface area contributed by atoms with E-state index in [9.17, 15) is 9.90 Å². The van der Waals surface area contributed by atoms with E-state index < -0.39 is 5.41 Å². The molecule has 178 valence electrons. The lowest BCUT2D eigenvalue weighted by atomic mass is 9.77. The monoisotopic (exact) mass is 497 g/mol. The number of carbonyl (C=O) groups excluding carboxylic acids is 1. The molecular weight excluding hydrogens is 478 g/mol. The van der Waals surface area contributed by atoms with Gasteiger partial charge in [-0.25, -0.2) is 19.9 Å². The number of hydrogen-bond acceptors (Lipinski definition) is 7. The quantitative estimate of drug-likeness (QED) is 0.342. The van der Waals surface area contributed by atoms with Crippen molar-refractivity contribution in [1.29, 1.82) is 0 Å². The number of halogens is 1. The van der Waals surface area contributed by atoms with Gasteiger partial charge >= 0.3 is 0 Å². The van der Waals surface area contributed by atoms with Crippen LogP contribution in [0.2, 0.25) is 5.02 Å². The predicted molar refractivity (Wildman–Crippen MR) is 136 cm³/mol. The van der Waals surface area contributed by atoms with Crippen molar-refractivity contribution in [1.82, 2.24) is 24.3 Å². The van der Waals surface area contributed by atoms with E-state index in [1.54, 1.807) is 43.6 Å². The zero-order chi connectivity index (χ0) is 25.0. The first kappa shape index (κ1) is 22.0. The molecule has 5 aromatic rings. The van der Waals surface area contributed by atoms with Crippen LogP contribution in [0.4, 0.5) is 11.6 Å². The Hall–Kier alpha value is -4.50. The standard InChI is InChI=1S/C26H20ClN7O2/c1-26(15-5-3-7-17(35)12-15)20-21(28)31-22(32-23(20)33-25(26)36)19-13-34-9-8-29-24(34)18(30-19)11-14-4-2-6-16(27)10-14/h2-10,12-13,35H,11H2,1H3,(H3,28,31,32,33,36)/t26-/m0/s1. The van der Waals surface area contributed by atoms with Gasteiger partial charge in [0, 0.05) is 30.0 Å². The normalized spacial score (nSPS) is 16.8. The Morgan fingerprint density at radius 2 is 1.97 bits per heavy atom. The molecule has 1 aliphatic heterocycles. The highest BCUT2D eigenvalue weighted by Crippen LogP contribution is 2.45. The van der Waals surface area contributed by atoms with Crippen molar-refractivity contribution < 1.29 is 9.90 Å². The maximum absolute atomic E-state index is 13.1. The van der Waals surface area contributed by atoms with Gasteiger partial charge in [0.25, 0.3) is 0 Å². The van der Waals surface area contributed by atoms with E-state index in [1.165, 1.54) is 0 Å². The molecule has 0 aliphatic carbocycles. The highest BCUT2D eigenvalue weighted by Gasteiger charge is 2.47. The van der Waals surface area contributed by atoms with Gasteiger partial charge in [-0.1, -0.05) is 35.9 Å². The Balaban J connectivity index is 1.47. The lowest BCUT2D eigenvalue weighted by Gasteiger charge is -2.23. The first-order valence-corrected chi connectivity index (χ1v) is 11.6. The number of benzene rings is 2. The Morgan fingerprint density at radius 1 is 1.14 bits per heavy atom. The molecular formula is C26H20ClN7O2. The third-order valence-corrected chi connectivity index (χ3v) is 6.71. The third-order valence-electron chi connectivity index (χ3n) is 6.48. The van der Waals surface area contributed by atoms with Crippen LogP contribution in [0.3, 0.4) is 0 Å². The predicted octanol–water partition coefficient (Wildman–Crippen LogP) is 3.98. The number of nitrogen functional groups attached to an aromatic ring is 1. The smallest absolute Gasteiger partial charge is 0.240 e. The number of nitrogens with two attached hydrogens (primary N) is 1. The first-order valence-electron chi connectivity index (χ1n) is 11.2. The number of phenolic OH excluding ortho intramolecular Hbond substituents is 1. The number of nitrogens with zero attached hydrogens (tertiary/aromatic N) is 5. The van der Waals surface area contributed by atoms with E-state index >= 15 is 0 Å². The van der Waals surface area contributed by atoms with Crippen molar-refractivity contribution >= 4 is 34.8 Å². The fraction of sp³-hybridized carbons (Fsp3) is 0.115. The summed E-state index contributed by atoms with van der Waals surface area (Å²) in [5.41, 5.74) is 9.21. The molecule has 10 heteroatoms. The lowest BCUT2D eigenvalue weighted by molar-refractivity contribution is -0.119. The van der Waals surface area contributed by atoms with Gasteiger partial charge in [0.1, 0.15) is 28.5 Å². The van der Waals surface area contributed by atoms with Crippen molar-refractivity contribution in [3.63, 3.8) is 0 Å². The van der Waals surface area contributed by atoms with Crippen LogP contribution in [0.1, 0.15) is 29.3 Å². The molecule has 0 spiro atoms. The van der Waals surface area contributed by atoms with Crippen molar-refractivity contribution in [3.05, 3.63) is 94.5 Å². The number of carbonyl (C=O) groups is 1. The third kappa shape index (κ3) is 3.44. The number of phenols is 1. The van der Waals surface area contributed by atoms with Crippen molar-refractivity contribution in [2.75, 3.05) is 11.1 Å². The van der Waals surface area contributed by atoms with Crippen LogP contribution >= 0.6 is 11.6 Å². The number of nitrogens with one attached hydrogen (secondary N) is 1. The number of rotatable bonds is 4. The molecule has 4 heterocycles. The first-order chi connectivity index (χ1) is 17.3. The number of hydrogen-bond donors (Lipinski definition) is 3. The van der Waals surface area contributed by atoms with Crippen LogP contribution in [-0.2, 0) is 16.6 Å². The summed E-state index contributed by atoms with van der Waals surface area (Å²) in [6, 6.07) is 14.1. The van der Waals surface area contributed by atoms with Gasteiger partial charge in [0.05, 0.1) is 11.3 Å². The van der Waals surface area contributed by atoms with Gasteiger partial charge in [-0.15, -0.1) is 0 Å². The average Bonchev–Trinajstić information content (AvgIpc) is 3.42. The molecule has 36 heavy (non-hydrogen) atoms. The summed E-state index contributed by atoms with van der Waals surface area (Å²) >= 11 is 6.17. The Kier molecular flexibility index (Phi) is 4.90. The van der Waals surface area contributed by atoms with Gasteiger partial charge in [0.2, 0.25) is 5.91 Å². The summed E-state index contributed by atoms with van der Waals surface area (Å²) in [5, 5.41) is 13.5. The Labute approximate surface area is 210 Å². The number of anilines is 2. The van der Waals surface area contributed by atoms with Crippen LogP contribution in [0.25, 0.3) is 17.2 Å². The minimum absolute atomic E-state index is 0.0520. The molecule has 6 rings (SSSR count). The van der Waals surface area contributed by atoms with E-state index in [4.69, 9.17) is 22.3 Å². The molecule has 0 saturated heterocycles. The molecule has 0 fully saturated rings. The molecule has 1 atom stereocenters. The van der Waals surface area contributed by atoms with Gasteiger partial charge in [-0.05, 0) is 42.3 Å². The van der Waals surface area contributed by atoms with Crippen LogP contribution in [-0.4, -0.2) is 35.4 Å². The summed E-state index contributed by atoms with van der Waals surface area (Å²) in [6.45, 7) is 1.74. The molecule has 2 aromatic carbocycles. The summed E-state index contributed by atoms with van der Waals surface area (Å²) in [7, 11) is 0. The molecule has 1 aliphatic rings.